The Morgan fingerprint density at radius 3 is 2.52 bits per heavy atom. The number of H-pyrrole nitrogens is 1. The van der Waals surface area contributed by atoms with Gasteiger partial charge in [0.25, 0.3) is 11.5 Å². The summed E-state index contributed by atoms with van der Waals surface area (Å²) in [6.07, 6.45) is 1.57. The van der Waals surface area contributed by atoms with E-state index in [2.05, 4.69) is 15.3 Å². The first-order chi connectivity index (χ1) is 12.8. The highest BCUT2D eigenvalue weighted by molar-refractivity contribution is 6.06. The van der Waals surface area contributed by atoms with Crippen LogP contribution in [0, 0.1) is 0 Å². The van der Waals surface area contributed by atoms with Gasteiger partial charge in [-0.05, 0) is 44.2 Å². The molecule has 2 heterocycles. The van der Waals surface area contributed by atoms with Gasteiger partial charge in [-0.1, -0.05) is 0 Å². The van der Waals surface area contributed by atoms with Gasteiger partial charge in [0.15, 0.2) is 0 Å². The average Bonchev–Trinajstić information content (AvgIpc) is 2.61. The van der Waals surface area contributed by atoms with Crippen molar-refractivity contribution < 1.29 is 4.79 Å². The number of hydrogen-bond acceptors (Lipinski definition) is 5. The molecule has 0 bridgehead atoms. The number of carbonyl (C=O) groups excluding carboxylic acids is 1. The first kappa shape index (κ1) is 18.4. The van der Waals surface area contributed by atoms with Crippen LogP contribution in [0.1, 0.15) is 30.2 Å². The first-order valence-electron chi connectivity index (χ1n) is 8.51. The van der Waals surface area contributed by atoms with Crippen molar-refractivity contribution in [3.05, 3.63) is 62.9 Å². The normalized spacial score (nSPS) is 11.0. The van der Waals surface area contributed by atoms with Crippen LogP contribution in [-0.2, 0) is 0 Å². The molecule has 27 heavy (non-hydrogen) atoms. The summed E-state index contributed by atoms with van der Waals surface area (Å²) in [7, 11) is 3.76. The molecule has 140 valence electrons. The van der Waals surface area contributed by atoms with Crippen molar-refractivity contribution in [2.45, 2.75) is 19.9 Å². The number of benzene rings is 1. The van der Waals surface area contributed by atoms with Crippen molar-refractivity contribution in [3.63, 3.8) is 0 Å². The Balaban J connectivity index is 1.92. The van der Waals surface area contributed by atoms with E-state index in [9.17, 15) is 14.4 Å². The molecule has 0 aliphatic carbocycles. The van der Waals surface area contributed by atoms with Gasteiger partial charge < -0.3 is 15.2 Å². The van der Waals surface area contributed by atoms with Crippen molar-refractivity contribution >= 4 is 28.3 Å². The molecule has 3 rings (SSSR count). The van der Waals surface area contributed by atoms with E-state index < -0.39 is 5.69 Å². The smallest absolute Gasteiger partial charge is 0.329 e. The van der Waals surface area contributed by atoms with Gasteiger partial charge in [-0.15, -0.1) is 0 Å². The Kier molecular flexibility index (Phi) is 4.81. The van der Waals surface area contributed by atoms with Crippen LogP contribution in [0.15, 0.2) is 46.1 Å². The number of fused-ring (bicyclic) bond motifs is 1. The highest BCUT2D eigenvalue weighted by Crippen LogP contribution is 2.15. The molecule has 0 aliphatic rings. The third kappa shape index (κ3) is 3.59. The van der Waals surface area contributed by atoms with Crippen molar-refractivity contribution in [2.24, 2.45) is 0 Å². The number of pyridine rings is 1. The fourth-order valence-electron chi connectivity index (χ4n) is 2.77. The topological polar surface area (TPSA) is 100 Å². The molecule has 1 aromatic carbocycles. The second-order valence-corrected chi connectivity index (χ2v) is 6.71. The van der Waals surface area contributed by atoms with Crippen molar-refractivity contribution in [1.82, 2.24) is 14.5 Å². The maximum absolute atomic E-state index is 12.5. The molecule has 0 radical (unpaired) electrons. The highest BCUT2D eigenvalue weighted by atomic mass is 16.2. The predicted molar refractivity (Wildman–Crippen MR) is 106 cm³/mol. The zero-order valence-corrected chi connectivity index (χ0v) is 15.6. The molecule has 0 unspecified atom stereocenters. The minimum absolute atomic E-state index is 0.258. The molecular weight excluding hydrogens is 346 g/mol. The lowest BCUT2D eigenvalue weighted by molar-refractivity contribution is 0.102. The van der Waals surface area contributed by atoms with Gasteiger partial charge in [0.1, 0.15) is 5.82 Å². The standard InChI is InChI=1S/C19H21N5O3/c1-11(2)24-18(26)14-7-5-12(9-15(14)22-19(24)27)17(25)21-13-6-8-16(20-10-13)23(3)4/h5-11H,1-4H3,(H,21,25)(H,22,27). The molecule has 0 atom stereocenters. The second-order valence-electron chi connectivity index (χ2n) is 6.71. The zero-order valence-electron chi connectivity index (χ0n) is 15.6. The largest absolute Gasteiger partial charge is 0.363 e. The molecule has 1 amide bonds. The average molecular weight is 367 g/mol. The summed E-state index contributed by atoms with van der Waals surface area (Å²) < 4.78 is 1.15. The number of nitrogens with zero attached hydrogens (tertiary/aromatic N) is 3. The van der Waals surface area contributed by atoms with E-state index in [-0.39, 0.29) is 17.5 Å². The van der Waals surface area contributed by atoms with Crippen LogP contribution < -0.4 is 21.5 Å². The quantitative estimate of drug-likeness (QED) is 0.734. The fourth-order valence-corrected chi connectivity index (χ4v) is 2.77. The minimum Gasteiger partial charge on any atom is -0.363 e. The van der Waals surface area contributed by atoms with Crippen molar-refractivity contribution in [1.29, 1.82) is 0 Å². The molecule has 0 aliphatic heterocycles. The lowest BCUT2D eigenvalue weighted by Crippen LogP contribution is -2.36. The van der Waals surface area contributed by atoms with Crippen LogP contribution in [0.3, 0.4) is 0 Å². The molecule has 0 saturated heterocycles. The molecule has 0 fully saturated rings. The van der Waals surface area contributed by atoms with E-state index in [1.807, 2.05) is 19.0 Å². The lowest BCUT2D eigenvalue weighted by Gasteiger charge is -2.12. The Morgan fingerprint density at radius 2 is 1.93 bits per heavy atom. The Bertz CT molecular complexity index is 1110. The number of amides is 1. The van der Waals surface area contributed by atoms with Gasteiger partial charge in [0, 0.05) is 25.7 Å². The Hall–Kier alpha value is -3.42. The molecule has 8 nitrogen and oxygen atoms in total. The van der Waals surface area contributed by atoms with Crippen LogP contribution in [0.5, 0.6) is 0 Å². The summed E-state index contributed by atoms with van der Waals surface area (Å²) in [6.45, 7) is 3.53. The van der Waals surface area contributed by atoms with Gasteiger partial charge in [-0.3, -0.25) is 14.2 Å². The first-order valence-corrected chi connectivity index (χ1v) is 8.51. The fraction of sp³-hybridized carbons (Fsp3) is 0.263. The van der Waals surface area contributed by atoms with E-state index in [1.165, 1.54) is 6.07 Å². The summed E-state index contributed by atoms with van der Waals surface area (Å²) in [4.78, 5) is 45.9. The van der Waals surface area contributed by atoms with Crippen molar-refractivity contribution in [3.8, 4) is 0 Å². The van der Waals surface area contributed by atoms with E-state index in [1.54, 1.807) is 44.3 Å². The molecule has 0 spiro atoms. The van der Waals surface area contributed by atoms with Crippen LogP contribution in [0.2, 0.25) is 0 Å². The third-order valence-corrected chi connectivity index (χ3v) is 4.17. The summed E-state index contributed by atoms with van der Waals surface area (Å²) >= 11 is 0. The number of rotatable bonds is 4. The Labute approximate surface area is 155 Å². The molecule has 3 aromatic rings. The molecule has 8 heteroatoms. The summed E-state index contributed by atoms with van der Waals surface area (Å²) in [6, 6.07) is 7.90. The van der Waals surface area contributed by atoms with Gasteiger partial charge in [0.2, 0.25) is 0 Å². The number of anilines is 2. The Morgan fingerprint density at radius 1 is 1.19 bits per heavy atom. The minimum atomic E-state index is -0.497. The number of nitrogens with one attached hydrogen (secondary N) is 2. The summed E-state index contributed by atoms with van der Waals surface area (Å²) in [5.74, 6) is 0.419. The van der Waals surface area contributed by atoms with E-state index in [0.717, 1.165) is 10.4 Å². The number of carbonyl (C=O) groups is 1. The van der Waals surface area contributed by atoms with Gasteiger partial charge in [0.05, 0.1) is 22.8 Å². The number of aromatic amines is 1. The van der Waals surface area contributed by atoms with Gasteiger partial charge >= 0.3 is 5.69 Å². The van der Waals surface area contributed by atoms with E-state index in [0.29, 0.717) is 22.2 Å². The predicted octanol–water partition coefficient (Wildman–Crippen LogP) is 1.98. The molecule has 0 saturated carbocycles. The van der Waals surface area contributed by atoms with E-state index >= 15 is 0 Å². The molecular formula is C19H21N5O3. The van der Waals surface area contributed by atoms with E-state index in [4.69, 9.17) is 0 Å². The maximum Gasteiger partial charge on any atom is 0.329 e. The molecule has 2 N–H and O–H groups in total. The van der Waals surface area contributed by atoms with Gasteiger partial charge in [-0.2, -0.15) is 0 Å². The summed E-state index contributed by atoms with van der Waals surface area (Å²) in [5.41, 5.74) is 0.337. The van der Waals surface area contributed by atoms with Crippen LogP contribution >= 0.6 is 0 Å². The SMILES string of the molecule is CC(C)n1c(=O)[nH]c2cc(C(=O)Nc3ccc(N(C)C)nc3)ccc2c1=O. The van der Waals surface area contributed by atoms with Crippen LogP contribution in [0.25, 0.3) is 10.9 Å². The third-order valence-electron chi connectivity index (χ3n) is 4.17. The van der Waals surface area contributed by atoms with Crippen LogP contribution in [0.4, 0.5) is 11.5 Å². The monoisotopic (exact) mass is 367 g/mol. The lowest BCUT2D eigenvalue weighted by atomic mass is 10.1. The number of hydrogen-bond donors (Lipinski definition) is 2. The maximum atomic E-state index is 12.5. The summed E-state index contributed by atoms with van der Waals surface area (Å²) in [5, 5.41) is 3.11. The zero-order chi connectivity index (χ0) is 19.7. The van der Waals surface area contributed by atoms with Gasteiger partial charge in [-0.25, -0.2) is 9.78 Å². The number of aromatic nitrogens is 3. The van der Waals surface area contributed by atoms with Crippen LogP contribution in [-0.4, -0.2) is 34.5 Å². The van der Waals surface area contributed by atoms with Crippen molar-refractivity contribution in [2.75, 3.05) is 24.3 Å². The second kappa shape index (κ2) is 7.06. The highest BCUT2D eigenvalue weighted by Gasteiger charge is 2.13. The molecule has 2 aromatic heterocycles.